The molecule has 0 atom stereocenters. The van der Waals surface area contributed by atoms with Crippen molar-refractivity contribution in [3.63, 3.8) is 0 Å². The Hall–Kier alpha value is -2.06. The quantitative estimate of drug-likeness (QED) is 0.480. The van der Waals surface area contributed by atoms with Crippen LogP contribution < -0.4 is 4.74 Å². The van der Waals surface area contributed by atoms with E-state index in [0.29, 0.717) is 17.9 Å². The molecule has 1 aromatic carbocycles. The average Bonchev–Trinajstić information content (AvgIpc) is 2.43. The number of ether oxygens (including phenoxy) is 1. The van der Waals surface area contributed by atoms with E-state index in [0.717, 1.165) is 22.3 Å². The summed E-state index contributed by atoms with van der Waals surface area (Å²) in [6, 6.07) is 11.3. The molecule has 0 bridgehead atoms. The number of aryl methyl sites for hydroxylation is 2. The molecule has 0 amide bonds. The first-order valence-corrected chi connectivity index (χ1v) is 7.24. The molecule has 0 N–H and O–H groups in total. The lowest BCUT2D eigenvalue weighted by molar-refractivity contribution is 0.343. The van der Waals surface area contributed by atoms with Gasteiger partial charge in [-0.3, -0.25) is 0 Å². The highest BCUT2D eigenvalue weighted by Gasteiger charge is 2.03. The van der Waals surface area contributed by atoms with Crippen LogP contribution in [0.25, 0.3) is 0 Å². The molecule has 5 heteroatoms. The second-order valence-electron chi connectivity index (χ2n) is 4.20. The molecule has 0 saturated heterocycles. The van der Waals surface area contributed by atoms with Gasteiger partial charge in [0, 0.05) is 11.4 Å². The topological polar surface area (TPSA) is 58.8 Å². The molecule has 0 aliphatic carbocycles. The van der Waals surface area contributed by atoms with Crippen LogP contribution in [0.5, 0.6) is 5.75 Å². The maximum Gasteiger partial charge on any atom is 0.137 e. The summed E-state index contributed by atoms with van der Waals surface area (Å²) >= 11 is 1.62. The number of benzene rings is 1. The Balaban J connectivity index is 1.86. The fourth-order valence-electron chi connectivity index (χ4n) is 1.74. The summed E-state index contributed by atoms with van der Waals surface area (Å²) in [5.74, 6) is 2.18. The Morgan fingerprint density at radius 3 is 2.80 bits per heavy atom. The second-order valence-corrected chi connectivity index (χ2v) is 5.31. The Labute approximate surface area is 122 Å². The van der Waals surface area contributed by atoms with Crippen LogP contribution in [0, 0.1) is 25.2 Å². The number of hydrogen-bond donors (Lipinski definition) is 0. The Morgan fingerprint density at radius 1 is 1.25 bits per heavy atom. The number of para-hydroxylation sites is 1. The summed E-state index contributed by atoms with van der Waals surface area (Å²) in [6.07, 6.45) is 0. The third kappa shape index (κ3) is 3.97. The van der Waals surface area contributed by atoms with E-state index in [2.05, 4.69) is 16.0 Å². The molecule has 102 valence electrons. The first kappa shape index (κ1) is 14.4. The van der Waals surface area contributed by atoms with Crippen molar-refractivity contribution in [1.82, 2.24) is 9.97 Å². The summed E-state index contributed by atoms with van der Waals surface area (Å²) in [5, 5.41) is 9.91. The predicted octanol–water partition coefficient (Wildman–Crippen LogP) is 3.14. The monoisotopic (exact) mass is 285 g/mol. The maximum absolute atomic E-state index is 8.96. The van der Waals surface area contributed by atoms with Gasteiger partial charge >= 0.3 is 0 Å². The minimum absolute atomic E-state index is 0.533. The van der Waals surface area contributed by atoms with E-state index in [1.165, 1.54) is 0 Å². The van der Waals surface area contributed by atoms with Gasteiger partial charge in [0.15, 0.2) is 0 Å². The minimum Gasteiger partial charge on any atom is -0.491 e. The zero-order valence-electron chi connectivity index (χ0n) is 11.5. The van der Waals surface area contributed by atoms with Gasteiger partial charge in [0.25, 0.3) is 0 Å². The summed E-state index contributed by atoms with van der Waals surface area (Å²) in [5.41, 5.74) is 1.53. The summed E-state index contributed by atoms with van der Waals surface area (Å²) < 4.78 is 5.62. The fourth-order valence-corrected chi connectivity index (χ4v) is 2.57. The van der Waals surface area contributed by atoms with E-state index in [9.17, 15) is 0 Å². The number of rotatable bonds is 5. The summed E-state index contributed by atoms with van der Waals surface area (Å²) in [6.45, 7) is 4.38. The molecule has 0 saturated carbocycles. The third-order valence-corrected chi connectivity index (χ3v) is 3.42. The van der Waals surface area contributed by atoms with Crippen LogP contribution in [0.15, 0.2) is 35.4 Å². The minimum atomic E-state index is 0.533. The van der Waals surface area contributed by atoms with E-state index in [1.54, 1.807) is 17.8 Å². The van der Waals surface area contributed by atoms with Gasteiger partial charge in [-0.25, -0.2) is 9.97 Å². The van der Waals surface area contributed by atoms with E-state index in [4.69, 9.17) is 10.00 Å². The van der Waals surface area contributed by atoms with E-state index in [-0.39, 0.29) is 0 Å². The number of hydrogen-bond acceptors (Lipinski definition) is 5. The van der Waals surface area contributed by atoms with E-state index >= 15 is 0 Å². The van der Waals surface area contributed by atoms with Crippen molar-refractivity contribution in [1.29, 1.82) is 5.26 Å². The molecule has 1 heterocycles. The Bertz CT molecular complexity index is 617. The zero-order chi connectivity index (χ0) is 14.4. The third-order valence-electron chi connectivity index (χ3n) is 2.54. The normalized spacial score (nSPS) is 10.1. The van der Waals surface area contributed by atoms with Crippen molar-refractivity contribution in [2.75, 3.05) is 12.4 Å². The van der Waals surface area contributed by atoms with Crippen LogP contribution in [-0.4, -0.2) is 22.3 Å². The first-order valence-electron chi connectivity index (χ1n) is 6.26. The standard InChI is InChI=1S/C15H15N3OS/c1-11-9-15(18-12(2)17-11)20-8-7-19-14-6-4-3-5-13(14)10-16/h3-6,9H,7-8H2,1-2H3. The molecule has 0 fully saturated rings. The van der Waals surface area contributed by atoms with Gasteiger partial charge in [0.1, 0.15) is 22.7 Å². The van der Waals surface area contributed by atoms with Crippen LogP contribution in [-0.2, 0) is 0 Å². The van der Waals surface area contributed by atoms with E-state index < -0.39 is 0 Å². The summed E-state index contributed by atoms with van der Waals surface area (Å²) in [7, 11) is 0. The lowest BCUT2D eigenvalue weighted by Gasteiger charge is -2.07. The first-order chi connectivity index (χ1) is 9.69. The maximum atomic E-state index is 8.96. The van der Waals surface area contributed by atoms with Crippen LogP contribution >= 0.6 is 11.8 Å². The molecule has 0 aliphatic rings. The van der Waals surface area contributed by atoms with Gasteiger partial charge < -0.3 is 4.74 Å². The molecule has 0 unspecified atom stereocenters. The second kappa shape index (κ2) is 6.92. The highest BCUT2D eigenvalue weighted by atomic mass is 32.2. The van der Waals surface area contributed by atoms with Crippen LogP contribution in [0.2, 0.25) is 0 Å². The van der Waals surface area contributed by atoms with Crippen molar-refractivity contribution < 1.29 is 4.74 Å². The van der Waals surface area contributed by atoms with Crippen LogP contribution in [0.3, 0.4) is 0 Å². The van der Waals surface area contributed by atoms with Crippen molar-refractivity contribution >= 4 is 11.8 Å². The van der Waals surface area contributed by atoms with Gasteiger partial charge in [-0.05, 0) is 32.0 Å². The summed E-state index contributed by atoms with van der Waals surface area (Å²) in [4.78, 5) is 8.60. The molecule has 2 rings (SSSR count). The SMILES string of the molecule is Cc1cc(SCCOc2ccccc2C#N)nc(C)n1. The Morgan fingerprint density at radius 2 is 2.05 bits per heavy atom. The number of nitriles is 1. The molecule has 0 spiro atoms. The van der Waals surface area contributed by atoms with E-state index in [1.807, 2.05) is 38.1 Å². The molecule has 2 aromatic rings. The van der Waals surface area contributed by atoms with Gasteiger partial charge in [-0.15, -0.1) is 11.8 Å². The fraction of sp³-hybridized carbons (Fsp3) is 0.267. The highest BCUT2D eigenvalue weighted by Crippen LogP contribution is 2.19. The Kier molecular flexibility index (Phi) is 4.97. The lowest BCUT2D eigenvalue weighted by Crippen LogP contribution is -2.02. The van der Waals surface area contributed by atoms with Crippen LogP contribution in [0.1, 0.15) is 17.1 Å². The van der Waals surface area contributed by atoms with Crippen molar-refractivity contribution in [2.45, 2.75) is 18.9 Å². The zero-order valence-corrected chi connectivity index (χ0v) is 12.3. The van der Waals surface area contributed by atoms with Crippen molar-refractivity contribution in [3.05, 3.63) is 47.4 Å². The van der Waals surface area contributed by atoms with Crippen molar-refractivity contribution in [2.24, 2.45) is 0 Å². The smallest absolute Gasteiger partial charge is 0.137 e. The molecular formula is C15H15N3OS. The molecule has 4 nitrogen and oxygen atoms in total. The van der Waals surface area contributed by atoms with Gasteiger partial charge in [0.05, 0.1) is 12.2 Å². The van der Waals surface area contributed by atoms with Crippen LogP contribution in [0.4, 0.5) is 0 Å². The molecule has 1 aromatic heterocycles. The lowest BCUT2D eigenvalue weighted by atomic mass is 10.2. The number of thioether (sulfide) groups is 1. The highest BCUT2D eigenvalue weighted by molar-refractivity contribution is 7.99. The predicted molar refractivity (Wildman–Crippen MR) is 78.9 cm³/mol. The number of nitrogens with zero attached hydrogens (tertiary/aromatic N) is 3. The molecule has 0 radical (unpaired) electrons. The van der Waals surface area contributed by atoms with Crippen molar-refractivity contribution in [3.8, 4) is 11.8 Å². The van der Waals surface area contributed by atoms with Gasteiger partial charge in [0.2, 0.25) is 0 Å². The molecule has 20 heavy (non-hydrogen) atoms. The number of aromatic nitrogens is 2. The molecule has 0 aliphatic heterocycles. The van der Waals surface area contributed by atoms with Gasteiger partial charge in [-0.2, -0.15) is 5.26 Å². The largest absolute Gasteiger partial charge is 0.491 e. The average molecular weight is 285 g/mol. The van der Waals surface area contributed by atoms with Gasteiger partial charge in [-0.1, -0.05) is 12.1 Å². The molecular weight excluding hydrogens is 270 g/mol.